The van der Waals surface area contributed by atoms with Gasteiger partial charge in [0, 0.05) is 6.54 Å². The molecule has 1 amide bonds. The van der Waals surface area contributed by atoms with E-state index in [9.17, 15) is 24.3 Å². The van der Waals surface area contributed by atoms with Crippen LogP contribution in [0.15, 0.2) is 84.9 Å². The van der Waals surface area contributed by atoms with Gasteiger partial charge < -0.3 is 35.5 Å². The Bertz CT molecular complexity index is 2210. The van der Waals surface area contributed by atoms with Crippen molar-refractivity contribution in [1.82, 2.24) is 10.2 Å². The minimum Gasteiger partial charge on any atom is -0.481 e. The van der Waals surface area contributed by atoms with Gasteiger partial charge in [0.15, 0.2) is 0 Å². The van der Waals surface area contributed by atoms with Crippen molar-refractivity contribution in [3.8, 4) is 0 Å². The van der Waals surface area contributed by atoms with Crippen LogP contribution in [0.25, 0.3) is 21.5 Å². The highest BCUT2D eigenvalue weighted by Crippen LogP contribution is 2.46. The van der Waals surface area contributed by atoms with Gasteiger partial charge in [-0.15, -0.1) is 0 Å². The molecule has 1 aliphatic heterocycles. The molecule has 8 atom stereocenters. The maximum atomic E-state index is 12.8. The van der Waals surface area contributed by atoms with Gasteiger partial charge in [0.2, 0.25) is 5.91 Å². The van der Waals surface area contributed by atoms with Gasteiger partial charge in [-0.1, -0.05) is 112 Å². The number of carbonyl (C=O) groups excluding carboxylic acids is 2. The molecular weight excluding hydrogens is 787 g/mol. The first-order valence-corrected chi connectivity index (χ1v) is 22.1. The van der Waals surface area contributed by atoms with Gasteiger partial charge >= 0.3 is 17.9 Å². The maximum Gasteiger partial charge on any atom is 0.329 e. The van der Waals surface area contributed by atoms with Gasteiger partial charge in [-0.05, 0) is 111 Å². The Morgan fingerprint density at radius 3 is 1.79 bits per heavy atom. The van der Waals surface area contributed by atoms with Crippen molar-refractivity contribution in [2.24, 2.45) is 23.5 Å². The number of carboxylic acids is 2. The van der Waals surface area contributed by atoms with Crippen molar-refractivity contribution in [1.29, 1.82) is 0 Å². The number of likely N-dealkylation sites (N-methyl/N-ethyl adjacent to an activating group) is 1. The summed E-state index contributed by atoms with van der Waals surface area (Å²) < 4.78 is 17.3. The topological polar surface area (TPSA) is 178 Å². The number of amides is 1. The smallest absolute Gasteiger partial charge is 0.329 e. The molecule has 0 spiro atoms. The van der Waals surface area contributed by atoms with Gasteiger partial charge in [0.1, 0.15) is 16.7 Å². The van der Waals surface area contributed by atoms with Crippen LogP contribution in [0, 0.1) is 17.8 Å². The van der Waals surface area contributed by atoms with Crippen LogP contribution in [-0.2, 0) is 46.6 Å². The number of likely N-dealkylation sites (tertiary alicyclic amines) is 1. The molecule has 0 radical (unpaired) electrons. The molecule has 4 aliphatic rings. The van der Waals surface area contributed by atoms with E-state index in [0.717, 1.165) is 37.7 Å². The predicted molar refractivity (Wildman–Crippen MR) is 239 cm³/mol. The second-order valence-electron chi connectivity index (χ2n) is 18.6. The molecule has 3 aliphatic carbocycles. The third kappa shape index (κ3) is 11.2. The number of benzene rings is 4. The highest BCUT2D eigenvalue weighted by molar-refractivity contribution is 5.92. The van der Waals surface area contributed by atoms with E-state index in [0.29, 0.717) is 44.9 Å². The van der Waals surface area contributed by atoms with Crippen LogP contribution in [0.3, 0.4) is 0 Å². The largest absolute Gasteiger partial charge is 0.481 e. The van der Waals surface area contributed by atoms with E-state index in [4.69, 9.17) is 25.1 Å². The molecule has 3 saturated carbocycles. The van der Waals surface area contributed by atoms with E-state index in [1.54, 1.807) is 0 Å². The van der Waals surface area contributed by atoms with Crippen LogP contribution in [0.2, 0.25) is 0 Å². The Hall–Kier alpha value is -4.88. The van der Waals surface area contributed by atoms with Crippen LogP contribution in [0.1, 0.15) is 97.1 Å². The number of esters is 1. The Morgan fingerprint density at radius 2 is 1.31 bits per heavy atom. The fourth-order valence-corrected chi connectivity index (χ4v) is 9.02. The number of hydrogen-bond acceptors (Lipinski definition) is 9. The third-order valence-corrected chi connectivity index (χ3v) is 13.0. The lowest BCUT2D eigenvalue weighted by molar-refractivity contribution is -0.158. The summed E-state index contributed by atoms with van der Waals surface area (Å²) in [4.78, 5) is 48.9. The zero-order valence-electron chi connectivity index (χ0n) is 37.1. The number of rotatable bonds is 13. The number of aliphatic carboxylic acids is 2. The van der Waals surface area contributed by atoms with Crippen molar-refractivity contribution >= 4 is 45.4 Å². The number of hydrogen-bond donors (Lipinski definition) is 4. The summed E-state index contributed by atoms with van der Waals surface area (Å²) in [6, 6.07) is 28.5. The molecule has 3 unspecified atom stereocenters. The molecule has 0 aromatic heterocycles. The third-order valence-electron chi connectivity index (χ3n) is 13.0. The Labute approximate surface area is 365 Å². The second kappa shape index (κ2) is 19.7. The van der Waals surface area contributed by atoms with E-state index in [-0.39, 0.29) is 42.0 Å². The molecule has 12 nitrogen and oxygen atoms in total. The lowest BCUT2D eigenvalue weighted by Crippen LogP contribution is -2.51. The number of ether oxygens (including phenoxy) is 3. The molecule has 4 aromatic rings. The fraction of sp³-hybridized carbons (Fsp3) is 0.520. The molecule has 4 aromatic carbocycles. The van der Waals surface area contributed by atoms with Crippen LogP contribution in [0.5, 0.6) is 0 Å². The number of nitrogens with one attached hydrogen (secondary N) is 1. The zero-order chi connectivity index (χ0) is 44.8. The predicted octanol–water partition coefficient (Wildman–Crippen LogP) is 7.86. The number of carbonyl (C=O) groups is 4. The monoisotopic (exact) mass is 851 g/mol. The van der Waals surface area contributed by atoms with Gasteiger partial charge in [-0.25, -0.2) is 4.79 Å². The van der Waals surface area contributed by atoms with E-state index in [2.05, 4.69) is 53.8 Å². The minimum absolute atomic E-state index is 0.0223. The quantitative estimate of drug-likeness (QED) is 0.0963. The van der Waals surface area contributed by atoms with Crippen molar-refractivity contribution in [3.63, 3.8) is 0 Å². The summed E-state index contributed by atoms with van der Waals surface area (Å²) in [5.74, 6) is -1.96. The number of fused-ring (bicyclic) bond motifs is 2. The highest BCUT2D eigenvalue weighted by atomic mass is 16.6. The minimum atomic E-state index is -1.07. The highest BCUT2D eigenvalue weighted by Gasteiger charge is 2.61. The number of nitrogens with two attached hydrogens (primary N) is 1. The first kappa shape index (κ1) is 46.6. The molecule has 1 saturated heterocycles. The van der Waals surface area contributed by atoms with Gasteiger partial charge in [0.25, 0.3) is 0 Å². The van der Waals surface area contributed by atoms with Crippen molar-refractivity contribution in [2.45, 2.75) is 134 Å². The van der Waals surface area contributed by atoms with E-state index in [1.165, 1.54) is 27.1 Å². The summed E-state index contributed by atoms with van der Waals surface area (Å²) in [7, 11) is 1.89. The number of nitrogens with zero attached hydrogens (tertiary/aromatic N) is 1. The SMILES string of the molecule is CCC1CC1(N)C(=O)OC(C)(C)C.CCC1C[C@]1(NC(=O)[C@@H]1C[C@@H](OCc2cccc3ccccc23)CN1C)C(=O)O.O=C(O)[C@H]1CC[C@H](OCc2cccc3ccccc23)C1. The average Bonchev–Trinajstić information content (AvgIpc) is 4.00. The standard InChI is InChI=1S/C23H28N2O4.C17H18O3.C10H19NO2/c1-3-17-12-23(17,22(27)28)24-21(26)20-11-18(13-25(20)2)29-14-16-9-6-8-15-7-4-5-10-19(15)16;18-17(19)13-8-9-15(10-13)20-11-14-6-3-5-12-4-1-2-7-16(12)14;1-5-7-6-10(7,11)8(12)13-9(2,3)4/h4-10,17-18,20H,3,11-14H2,1-2H3,(H,24,26)(H,27,28);1-7,13,15H,8-11H2,(H,18,19);7H,5-6,11H2,1-4H3/t17?,18-,20+,23-;13-,15-;/m10./s1. The average molecular weight is 852 g/mol. The maximum absolute atomic E-state index is 12.8. The normalized spacial score (nSPS) is 27.7. The first-order valence-electron chi connectivity index (χ1n) is 22.1. The van der Waals surface area contributed by atoms with E-state index in [1.807, 2.05) is 83.0 Å². The summed E-state index contributed by atoms with van der Waals surface area (Å²) in [5.41, 5.74) is 6.00. The van der Waals surface area contributed by atoms with Crippen LogP contribution >= 0.6 is 0 Å². The molecular formula is C50H65N3O9. The second-order valence-corrected chi connectivity index (χ2v) is 18.6. The summed E-state index contributed by atoms with van der Waals surface area (Å²) in [6.07, 6.45) is 5.81. The summed E-state index contributed by atoms with van der Waals surface area (Å²) >= 11 is 0. The lowest BCUT2D eigenvalue weighted by Gasteiger charge is -2.22. The van der Waals surface area contributed by atoms with Crippen LogP contribution in [0.4, 0.5) is 0 Å². The lowest BCUT2D eigenvalue weighted by atomic mass is 10.1. The molecule has 334 valence electrons. The fourth-order valence-electron chi connectivity index (χ4n) is 9.02. The first-order chi connectivity index (χ1) is 29.5. The molecule has 5 N–H and O–H groups in total. The van der Waals surface area contributed by atoms with Gasteiger partial charge in [-0.2, -0.15) is 0 Å². The molecule has 12 heteroatoms. The Balaban J connectivity index is 0.000000168. The van der Waals surface area contributed by atoms with Crippen molar-refractivity contribution in [2.75, 3.05) is 13.6 Å². The van der Waals surface area contributed by atoms with Gasteiger partial charge in [0.05, 0.1) is 37.4 Å². The van der Waals surface area contributed by atoms with E-state index >= 15 is 0 Å². The summed E-state index contributed by atoms with van der Waals surface area (Å²) in [6.45, 7) is 11.3. The van der Waals surface area contributed by atoms with E-state index < -0.39 is 28.6 Å². The molecule has 4 fully saturated rings. The zero-order valence-corrected chi connectivity index (χ0v) is 37.1. The molecule has 0 bridgehead atoms. The van der Waals surface area contributed by atoms with Crippen LogP contribution < -0.4 is 11.1 Å². The molecule has 62 heavy (non-hydrogen) atoms. The Kier molecular flexibility index (Phi) is 14.8. The molecule has 1 heterocycles. The van der Waals surface area contributed by atoms with Crippen LogP contribution in [-0.4, -0.2) is 87.4 Å². The summed E-state index contributed by atoms with van der Waals surface area (Å²) in [5, 5.41) is 26.2. The van der Waals surface area contributed by atoms with Crippen molar-refractivity contribution < 1.29 is 43.6 Å². The van der Waals surface area contributed by atoms with Gasteiger partial charge in [-0.3, -0.25) is 19.3 Å². The molecule has 8 rings (SSSR count). The Morgan fingerprint density at radius 1 is 0.758 bits per heavy atom. The number of carboxylic acid groups (broad SMARTS) is 2. The van der Waals surface area contributed by atoms with Crippen molar-refractivity contribution in [3.05, 3.63) is 96.1 Å².